The highest BCUT2D eigenvalue weighted by molar-refractivity contribution is 6.06. The van der Waals surface area contributed by atoms with Gasteiger partial charge in [0.2, 0.25) is 0 Å². The first kappa shape index (κ1) is 19.5. The van der Waals surface area contributed by atoms with Gasteiger partial charge < -0.3 is 15.4 Å². The molecule has 138 valence electrons. The van der Waals surface area contributed by atoms with Crippen molar-refractivity contribution in [3.8, 4) is 5.75 Å². The van der Waals surface area contributed by atoms with Crippen molar-refractivity contribution in [1.82, 2.24) is 5.32 Å². The van der Waals surface area contributed by atoms with Gasteiger partial charge in [-0.3, -0.25) is 9.59 Å². The van der Waals surface area contributed by atoms with Crippen LogP contribution in [0.2, 0.25) is 0 Å². The lowest BCUT2D eigenvalue weighted by Crippen LogP contribution is -2.24. The van der Waals surface area contributed by atoms with Gasteiger partial charge in [0.15, 0.2) is 0 Å². The summed E-state index contributed by atoms with van der Waals surface area (Å²) in [7, 11) is 0. The third-order valence-corrected chi connectivity index (χ3v) is 3.81. The largest absolute Gasteiger partial charge is 0.493 e. The third-order valence-electron chi connectivity index (χ3n) is 3.81. The Morgan fingerprint density at radius 1 is 0.962 bits per heavy atom. The van der Waals surface area contributed by atoms with Crippen molar-refractivity contribution in [1.29, 1.82) is 0 Å². The summed E-state index contributed by atoms with van der Waals surface area (Å²) in [5, 5.41) is 5.67. The lowest BCUT2D eigenvalue weighted by atomic mass is 10.1. The minimum absolute atomic E-state index is 0.147. The monoisotopic (exact) mass is 354 g/mol. The molecule has 5 heteroatoms. The van der Waals surface area contributed by atoms with Crippen LogP contribution in [-0.2, 0) is 0 Å². The number of para-hydroxylation sites is 1. The standard InChI is InChI=1S/C21H26N2O3/c1-3-5-14-26-19-12-7-6-11-18(19)21(25)23-17-10-8-9-16(15-17)20(24)22-13-4-2/h6-12,15H,3-5,13-14H2,1-2H3,(H,22,24)(H,23,25). The first-order valence-corrected chi connectivity index (χ1v) is 9.07. The first-order chi connectivity index (χ1) is 12.7. The Morgan fingerprint density at radius 3 is 2.54 bits per heavy atom. The summed E-state index contributed by atoms with van der Waals surface area (Å²) < 4.78 is 5.72. The van der Waals surface area contributed by atoms with Crippen molar-refractivity contribution in [3.05, 3.63) is 59.7 Å². The van der Waals surface area contributed by atoms with Gasteiger partial charge >= 0.3 is 0 Å². The second kappa shape index (κ2) is 10.2. The number of carbonyl (C=O) groups excluding carboxylic acids is 2. The molecule has 2 N–H and O–H groups in total. The van der Waals surface area contributed by atoms with Gasteiger partial charge in [-0.25, -0.2) is 0 Å². The average Bonchev–Trinajstić information content (AvgIpc) is 2.67. The van der Waals surface area contributed by atoms with Crippen LogP contribution >= 0.6 is 0 Å². The molecule has 2 amide bonds. The number of rotatable bonds is 9. The molecule has 0 heterocycles. The molecule has 2 rings (SSSR count). The highest BCUT2D eigenvalue weighted by Crippen LogP contribution is 2.20. The topological polar surface area (TPSA) is 67.4 Å². The van der Waals surface area contributed by atoms with E-state index >= 15 is 0 Å². The van der Waals surface area contributed by atoms with E-state index in [0.29, 0.717) is 35.7 Å². The highest BCUT2D eigenvalue weighted by atomic mass is 16.5. The molecule has 2 aromatic carbocycles. The molecule has 0 aliphatic heterocycles. The minimum Gasteiger partial charge on any atom is -0.493 e. The van der Waals surface area contributed by atoms with Gasteiger partial charge in [-0.05, 0) is 43.2 Å². The molecule has 0 saturated carbocycles. The Labute approximate surface area is 154 Å². The Bertz CT molecular complexity index is 744. The van der Waals surface area contributed by atoms with Gasteiger partial charge in [0.1, 0.15) is 5.75 Å². The van der Waals surface area contributed by atoms with Crippen LogP contribution in [0, 0.1) is 0 Å². The van der Waals surface area contributed by atoms with E-state index < -0.39 is 0 Å². The zero-order chi connectivity index (χ0) is 18.8. The Hall–Kier alpha value is -2.82. The van der Waals surface area contributed by atoms with E-state index in [4.69, 9.17) is 4.74 Å². The predicted octanol–water partition coefficient (Wildman–Crippen LogP) is 4.26. The number of carbonyl (C=O) groups is 2. The van der Waals surface area contributed by atoms with Crippen molar-refractivity contribution >= 4 is 17.5 Å². The number of amides is 2. The van der Waals surface area contributed by atoms with Crippen LogP contribution in [0.3, 0.4) is 0 Å². The summed E-state index contributed by atoms with van der Waals surface area (Å²) >= 11 is 0. The van der Waals surface area contributed by atoms with Crippen LogP contribution in [0.5, 0.6) is 5.75 Å². The van der Waals surface area contributed by atoms with E-state index in [9.17, 15) is 9.59 Å². The average molecular weight is 354 g/mol. The zero-order valence-corrected chi connectivity index (χ0v) is 15.4. The van der Waals surface area contributed by atoms with Crippen molar-refractivity contribution in [3.63, 3.8) is 0 Å². The van der Waals surface area contributed by atoms with Gasteiger partial charge in [-0.2, -0.15) is 0 Å². The van der Waals surface area contributed by atoms with Crippen LogP contribution in [0.4, 0.5) is 5.69 Å². The van der Waals surface area contributed by atoms with Crippen LogP contribution < -0.4 is 15.4 Å². The van der Waals surface area contributed by atoms with Crippen molar-refractivity contribution in [2.24, 2.45) is 0 Å². The van der Waals surface area contributed by atoms with Crippen LogP contribution in [0.15, 0.2) is 48.5 Å². The minimum atomic E-state index is -0.261. The van der Waals surface area contributed by atoms with Gasteiger partial charge in [0.05, 0.1) is 12.2 Å². The fourth-order valence-corrected chi connectivity index (χ4v) is 2.38. The maximum atomic E-state index is 12.6. The Balaban J connectivity index is 2.09. The Morgan fingerprint density at radius 2 is 1.77 bits per heavy atom. The van der Waals surface area contributed by atoms with E-state index in [1.54, 1.807) is 42.5 Å². The molecule has 0 unspecified atom stereocenters. The lowest BCUT2D eigenvalue weighted by molar-refractivity contribution is 0.0952. The molecule has 0 aliphatic carbocycles. The number of unbranched alkanes of at least 4 members (excludes halogenated alkanes) is 1. The molecule has 0 atom stereocenters. The molecular formula is C21H26N2O3. The molecule has 5 nitrogen and oxygen atoms in total. The molecule has 0 bridgehead atoms. The van der Waals surface area contributed by atoms with Crippen LogP contribution in [-0.4, -0.2) is 25.0 Å². The van der Waals surface area contributed by atoms with Crippen molar-refractivity contribution in [2.45, 2.75) is 33.1 Å². The number of hydrogen-bond donors (Lipinski definition) is 2. The summed E-state index contributed by atoms with van der Waals surface area (Å²) in [4.78, 5) is 24.7. The molecule has 0 aromatic heterocycles. The summed E-state index contributed by atoms with van der Waals surface area (Å²) in [6.45, 7) is 5.29. The number of anilines is 1. The maximum absolute atomic E-state index is 12.6. The predicted molar refractivity (Wildman–Crippen MR) is 104 cm³/mol. The molecular weight excluding hydrogens is 328 g/mol. The molecule has 0 spiro atoms. The van der Waals surface area contributed by atoms with Crippen LogP contribution in [0.1, 0.15) is 53.8 Å². The first-order valence-electron chi connectivity index (χ1n) is 9.07. The second-order valence-corrected chi connectivity index (χ2v) is 5.99. The molecule has 0 saturated heterocycles. The summed E-state index contributed by atoms with van der Waals surface area (Å²) in [5.41, 5.74) is 1.57. The summed E-state index contributed by atoms with van der Waals surface area (Å²) in [5.74, 6) is 0.157. The van der Waals surface area contributed by atoms with Crippen molar-refractivity contribution < 1.29 is 14.3 Å². The normalized spacial score (nSPS) is 10.2. The smallest absolute Gasteiger partial charge is 0.259 e. The third kappa shape index (κ3) is 5.62. The van der Waals surface area contributed by atoms with E-state index in [2.05, 4.69) is 17.6 Å². The number of nitrogens with one attached hydrogen (secondary N) is 2. The summed E-state index contributed by atoms with van der Waals surface area (Å²) in [6, 6.07) is 14.1. The maximum Gasteiger partial charge on any atom is 0.259 e. The van der Waals surface area contributed by atoms with Gasteiger partial charge in [-0.15, -0.1) is 0 Å². The van der Waals surface area contributed by atoms with Crippen molar-refractivity contribution in [2.75, 3.05) is 18.5 Å². The molecule has 0 fully saturated rings. The fourth-order valence-electron chi connectivity index (χ4n) is 2.38. The van der Waals surface area contributed by atoms with E-state index in [-0.39, 0.29) is 11.8 Å². The molecule has 26 heavy (non-hydrogen) atoms. The number of benzene rings is 2. The summed E-state index contributed by atoms with van der Waals surface area (Å²) in [6.07, 6.45) is 2.84. The van der Waals surface area contributed by atoms with E-state index in [1.807, 2.05) is 13.0 Å². The quantitative estimate of drug-likeness (QED) is 0.661. The molecule has 0 radical (unpaired) electrons. The van der Waals surface area contributed by atoms with E-state index in [1.165, 1.54) is 0 Å². The Kier molecular flexibility index (Phi) is 7.68. The van der Waals surface area contributed by atoms with Gasteiger partial charge in [0.25, 0.3) is 11.8 Å². The van der Waals surface area contributed by atoms with Gasteiger partial charge in [-0.1, -0.05) is 38.5 Å². The number of hydrogen-bond acceptors (Lipinski definition) is 3. The molecule has 0 aliphatic rings. The fraction of sp³-hybridized carbons (Fsp3) is 0.333. The lowest BCUT2D eigenvalue weighted by Gasteiger charge is -2.12. The van der Waals surface area contributed by atoms with Gasteiger partial charge in [0, 0.05) is 17.8 Å². The molecule has 2 aromatic rings. The van der Waals surface area contributed by atoms with E-state index in [0.717, 1.165) is 19.3 Å². The number of ether oxygens (including phenoxy) is 1. The SMILES string of the molecule is CCCCOc1ccccc1C(=O)Nc1cccc(C(=O)NCCC)c1. The van der Waals surface area contributed by atoms with Crippen LogP contribution in [0.25, 0.3) is 0 Å². The highest BCUT2D eigenvalue weighted by Gasteiger charge is 2.13. The zero-order valence-electron chi connectivity index (χ0n) is 15.4. The second-order valence-electron chi connectivity index (χ2n) is 5.99.